The molecule has 0 aromatic carbocycles. The highest BCUT2D eigenvalue weighted by Gasteiger charge is 2.29. The van der Waals surface area contributed by atoms with E-state index in [1.807, 2.05) is 13.8 Å². The van der Waals surface area contributed by atoms with Crippen molar-refractivity contribution < 1.29 is 4.79 Å². The summed E-state index contributed by atoms with van der Waals surface area (Å²) in [5.41, 5.74) is 1.99. The number of H-pyrrole nitrogens is 1. The summed E-state index contributed by atoms with van der Waals surface area (Å²) in [5.74, 6) is 1.04. The summed E-state index contributed by atoms with van der Waals surface area (Å²) >= 11 is 0. The number of aromatic nitrogens is 2. The van der Waals surface area contributed by atoms with Crippen LogP contribution in [0.1, 0.15) is 24.6 Å². The summed E-state index contributed by atoms with van der Waals surface area (Å²) in [6.07, 6.45) is 1.05. The second-order valence-corrected chi connectivity index (χ2v) is 4.51. The summed E-state index contributed by atoms with van der Waals surface area (Å²) in [6, 6.07) is -0.0867. The highest BCUT2D eigenvalue weighted by molar-refractivity contribution is 5.95. The van der Waals surface area contributed by atoms with E-state index in [9.17, 15) is 4.79 Å². The predicted molar refractivity (Wildman–Crippen MR) is 62.3 cm³/mol. The van der Waals surface area contributed by atoms with Crippen molar-refractivity contribution in [2.75, 3.05) is 11.9 Å². The molecule has 2 rings (SSSR count). The Morgan fingerprint density at radius 2 is 2.25 bits per heavy atom. The van der Waals surface area contributed by atoms with Gasteiger partial charge in [-0.25, -0.2) is 0 Å². The number of nitrogens with zero attached hydrogens (tertiary/aromatic N) is 1. The van der Waals surface area contributed by atoms with Gasteiger partial charge in [0.05, 0.1) is 6.04 Å². The van der Waals surface area contributed by atoms with Crippen LogP contribution in [-0.4, -0.2) is 28.7 Å². The molecule has 1 amide bonds. The van der Waals surface area contributed by atoms with Crippen LogP contribution >= 0.6 is 0 Å². The average molecular weight is 222 g/mol. The highest BCUT2D eigenvalue weighted by Crippen LogP contribution is 2.18. The smallest absolute Gasteiger partial charge is 0.242 e. The Morgan fingerprint density at radius 1 is 1.50 bits per heavy atom. The van der Waals surface area contributed by atoms with Crippen LogP contribution in [0.15, 0.2) is 0 Å². The van der Waals surface area contributed by atoms with E-state index in [1.165, 1.54) is 0 Å². The molecule has 1 aromatic heterocycles. The Labute approximate surface area is 95.0 Å². The standard InChI is InChI=1S/C11H18N4O/c1-6-4-5-12-9(6)11(16)13-10-7(2)8(3)14-15-10/h6,9,12H,4-5H2,1-3H3,(H2,13,14,15,16). The normalized spacial score (nSPS) is 24.7. The minimum atomic E-state index is -0.0867. The first-order chi connectivity index (χ1) is 7.59. The molecule has 1 fully saturated rings. The summed E-state index contributed by atoms with van der Waals surface area (Å²) in [6.45, 7) is 6.89. The van der Waals surface area contributed by atoms with E-state index in [4.69, 9.17) is 0 Å². The zero-order chi connectivity index (χ0) is 11.7. The molecular formula is C11H18N4O. The molecule has 1 aliphatic heterocycles. The third kappa shape index (κ3) is 1.95. The minimum Gasteiger partial charge on any atom is -0.308 e. The van der Waals surface area contributed by atoms with Crippen molar-refractivity contribution in [1.29, 1.82) is 0 Å². The molecule has 0 aliphatic carbocycles. The van der Waals surface area contributed by atoms with Crippen LogP contribution in [0, 0.1) is 19.8 Å². The number of aryl methyl sites for hydroxylation is 1. The van der Waals surface area contributed by atoms with Crippen molar-refractivity contribution in [1.82, 2.24) is 15.5 Å². The average Bonchev–Trinajstić information content (AvgIpc) is 2.79. The monoisotopic (exact) mass is 222 g/mol. The van der Waals surface area contributed by atoms with Gasteiger partial charge in [0.2, 0.25) is 5.91 Å². The number of aromatic amines is 1. The topological polar surface area (TPSA) is 69.8 Å². The predicted octanol–water partition coefficient (Wildman–Crippen LogP) is 0.963. The van der Waals surface area contributed by atoms with Crippen LogP contribution in [0.5, 0.6) is 0 Å². The third-order valence-electron chi connectivity index (χ3n) is 3.31. The van der Waals surface area contributed by atoms with Crippen LogP contribution in [0.25, 0.3) is 0 Å². The first kappa shape index (κ1) is 11.1. The lowest BCUT2D eigenvalue weighted by molar-refractivity contribution is -0.118. The van der Waals surface area contributed by atoms with Crippen LogP contribution in [0.2, 0.25) is 0 Å². The molecule has 88 valence electrons. The van der Waals surface area contributed by atoms with Crippen molar-refractivity contribution >= 4 is 11.7 Å². The lowest BCUT2D eigenvalue weighted by Crippen LogP contribution is -2.39. The largest absolute Gasteiger partial charge is 0.308 e. The number of rotatable bonds is 2. The fraction of sp³-hybridized carbons (Fsp3) is 0.636. The van der Waals surface area contributed by atoms with Crippen LogP contribution in [0.3, 0.4) is 0 Å². The van der Waals surface area contributed by atoms with E-state index in [0.29, 0.717) is 11.7 Å². The second kappa shape index (κ2) is 4.25. The van der Waals surface area contributed by atoms with Crippen LogP contribution in [0.4, 0.5) is 5.82 Å². The van der Waals surface area contributed by atoms with Gasteiger partial charge in [0.25, 0.3) is 0 Å². The number of anilines is 1. The van der Waals surface area contributed by atoms with Gasteiger partial charge < -0.3 is 10.6 Å². The van der Waals surface area contributed by atoms with E-state index < -0.39 is 0 Å². The van der Waals surface area contributed by atoms with Gasteiger partial charge in [-0.2, -0.15) is 5.10 Å². The van der Waals surface area contributed by atoms with Gasteiger partial charge in [0.15, 0.2) is 5.82 Å². The maximum absolute atomic E-state index is 12.0. The van der Waals surface area contributed by atoms with E-state index in [1.54, 1.807) is 0 Å². The fourth-order valence-corrected chi connectivity index (χ4v) is 1.99. The summed E-state index contributed by atoms with van der Waals surface area (Å²) in [4.78, 5) is 12.0. The van der Waals surface area contributed by atoms with Crippen molar-refractivity contribution in [3.63, 3.8) is 0 Å². The summed E-state index contributed by atoms with van der Waals surface area (Å²) in [5, 5.41) is 13.0. The van der Waals surface area contributed by atoms with Gasteiger partial charge in [-0.1, -0.05) is 6.92 Å². The lowest BCUT2D eigenvalue weighted by atomic mass is 10.0. The van der Waals surface area contributed by atoms with Crippen molar-refractivity contribution in [3.05, 3.63) is 11.3 Å². The number of hydrogen-bond donors (Lipinski definition) is 3. The maximum Gasteiger partial charge on any atom is 0.242 e. The highest BCUT2D eigenvalue weighted by atomic mass is 16.2. The molecule has 3 N–H and O–H groups in total. The molecule has 2 heterocycles. The maximum atomic E-state index is 12.0. The number of carbonyl (C=O) groups is 1. The van der Waals surface area contributed by atoms with Gasteiger partial charge in [-0.15, -0.1) is 0 Å². The quantitative estimate of drug-likeness (QED) is 0.698. The van der Waals surface area contributed by atoms with Gasteiger partial charge in [0, 0.05) is 11.3 Å². The first-order valence-electron chi connectivity index (χ1n) is 5.65. The molecule has 2 unspecified atom stereocenters. The molecule has 0 saturated carbocycles. The summed E-state index contributed by atoms with van der Waals surface area (Å²) in [7, 11) is 0. The van der Waals surface area contributed by atoms with E-state index in [2.05, 4.69) is 27.8 Å². The zero-order valence-electron chi connectivity index (χ0n) is 9.92. The Morgan fingerprint density at radius 3 is 2.75 bits per heavy atom. The molecule has 0 radical (unpaired) electrons. The zero-order valence-corrected chi connectivity index (χ0v) is 9.92. The Hall–Kier alpha value is -1.36. The van der Waals surface area contributed by atoms with Gasteiger partial charge in [0.1, 0.15) is 0 Å². The van der Waals surface area contributed by atoms with Crippen molar-refractivity contribution in [2.24, 2.45) is 5.92 Å². The van der Waals surface area contributed by atoms with Crippen molar-refractivity contribution in [3.8, 4) is 0 Å². The van der Waals surface area contributed by atoms with Crippen LogP contribution in [-0.2, 0) is 4.79 Å². The van der Waals surface area contributed by atoms with E-state index in [-0.39, 0.29) is 11.9 Å². The van der Waals surface area contributed by atoms with Gasteiger partial charge in [-0.3, -0.25) is 9.89 Å². The van der Waals surface area contributed by atoms with Crippen LogP contribution < -0.4 is 10.6 Å². The van der Waals surface area contributed by atoms with Gasteiger partial charge >= 0.3 is 0 Å². The number of hydrogen-bond acceptors (Lipinski definition) is 3. The molecule has 1 aromatic rings. The molecule has 1 aliphatic rings. The van der Waals surface area contributed by atoms with Gasteiger partial charge in [-0.05, 0) is 32.7 Å². The third-order valence-corrected chi connectivity index (χ3v) is 3.31. The number of amides is 1. The molecule has 5 nitrogen and oxygen atoms in total. The fourth-order valence-electron chi connectivity index (χ4n) is 1.99. The number of carbonyl (C=O) groups excluding carboxylic acids is 1. The minimum absolute atomic E-state index is 0.0135. The Balaban J connectivity index is 2.05. The molecular weight excluding hydrogens is 204 g/mol. The molecule has 5 heteroatoms. The summed E-state index contributed by atoms with van der Waals surface area (Å²) < 4.78 is 0. The first-order valence-corrected chi connectivity index (χ1v) is 5.65. The Kier molecular flexibility index (Phi) is 2.96. The van der Waals surface area contributed by atoms with Crippen molar-refractivity contribution in [2.45, 2.75) is 33.2 Å². The molecule has 1 saturated heterocycles. The second-order valence-electron chi connectivity index (χ2n) is 4.51. The molecule has 2 atom stereocenters. The Bertz CT molecular complexity index is 399. The lowest BCUT2D eigenvalue weighted by Gasteiger charge is -2.14. The molecule has 16 heavy (non-hydrogen) atoms. The van der Waals surface area contributed by atoms with E-state index >= 15 is 0 Å². The SMILES string of the molecule is Cc1[nH]nc(NC(=O)C2NCCC2C)c1C. The van der Waals surface area contributed by atoms with E-state index in [0.717, 1.165) is 24.2 Å². The molecule has 0 bridgehead atoms. The molecule has 0 spiro atoms. The number of nitrogens with one attached hydrogen (secondary N) is 3.